The summed E-state index contributed by atoms with van der Waals surface area (Å²) in [7, 11) is -3.87. The second-order valence-electron chi connectivity index (χ2n) is 4.68. The monoisotopic (exact) mass is 369 g/mol. The largest absolute Gasteiger partial charge is 0.423 e. The van der Waals surface area contributed by atoms with Crippen molar-refractivity contribution in [1.82, 2.24) is 0 Å². The minimum absolute atomic E-state index is 0.00916. The van der Waals surface area contributed by atoms with Gasteiger partial charge in [0.15, 0.2) is 0 Å². The third kappa shape index (κ3) is 3.34. The molecule has 0 amide bonds. The van der Waals surface area contributed by atoms with Gasteiger partial charge < -0.3 is 4.42 Å². The van der Waals surface area contributed by atoms with Gasteiger partial charge in [0, 0.05) is 16.5 Å². The van der Waals surface area contributed by atoms with E-state index in [2.05, 4.69) is 4.72 Å². The van der Waals surface area contributed by atoms with Crippen molar-refractivity contribution in [3.05, 3.63) is 69.0 Å². The van der Waals surface area contributed by atoms with Gasteiger partial charge in [0.1, 0.15) is 5.58 Å². The highest BCUT2D eigenvalue weighted by atomic mass is 35.5. The van der Waals surface area contributed by atoms with Gasteiger partial charge in [-0.15, -0.1) is 0 Å². The van der Waals surface area contributed by atoms with E-state index in [1.165, 1.54) is 42.5 Å². The van der Waals surface area contributed by atoms with Gasteiger partial charge in [-0.2, -0.15) is 0 Å². The molecule has 0 radical (unpaired) electrons. The van der Waals surface area contributed by atoms with Crippen LogP contribution in [0.25, 0.3) is 11.0 Å². The predicted octanol–water partition coefficient (Wildman–Crippen LogP) is 3.90. The number of sulfonamides is 1. The van der Waals surface area contributed by atoms with E-state index < -0.39 is 15.6 Å². The molecule has 0 fully saturated rings. The first-order valence-electron chi connectivity index (χ1n) is 6.37. The molecule has 0 unspecified atom stereocenters. The topological polar surface area (TPSA) is 76.4 Å². The molecule has 0 saturated heterocycles. The molecule has 0 aliphatic heterocycles. The molecule has 118 valence electrons. The van der Waals surface area contributed by atoms with Crippen LogP contribution in [-0.4, -0.2) is 8.42 Å². The van der Waals surface area contributed by atoms with E-state index >= 15 is 0 Å². The lowest BCUT2D eigenvalue weighted by Gasteiger charge is -2.10. The molecule has 1 heterocycles. The third-order valence-corrected chi connectivity index (χ3v) is 5.00. The molecular weight excluding hydrogens is 361 g/mol. The first-order chi connectivity index (χ1) is 10.8. The van der Waals surface area contributed by atoms with Crippen LogP contribution in [-0.2, 0) is 10.0 Å². The molecule has 23 heavy (non-hydrogen) atoms. The van der Waals surface area contributed by atoms with Gasteiger partial charge in [0.25, 0.3) is 10.0 Å². The molecule has 0 saturated carbocycles. The van der Waals surface area contributed by atoms with Gasteiger partial charge in [-0.1, -0.05) is 23.2 Å². The van der Waals surface area contributed by atoms with E-state index in [4.69, 9.17) is 27.6 Å². The molecular formula is C15H9Cl2NO4S. The van der Waals surface area contributed by atoms with Crippen LogP contribution < -0.4 is 10.3 Å². The first-order valence-corrected chi connectivity index (χ1v) is 8.61. The Kier molecular flexibility index (Phi) is 4.06. The van der Waals surface area contributed by atoms with Crippen LogP contribution in [0, 0.1) is 0 Å². The summed E-state index contributed by atoms with van der Waals surface area (Å²) in [4.78, 5) is 11.2. The Labute approximate surface area is 141 Å². The fourth-order valence-electron chi connectivity index (χ4n) is 2.00. The molecule has 0 aliphatic carbocycles. The lowest BCUT2D eigenvalue weighted by atomic mass is 10.2. The number of nitrogens with one attached hydrogen (secondary N) is 1. The summed E-state index contributed by atoms with van der Waals surface area (Å²) in [5, 5.41) is 1.07. The Bertz CT molecular complexity index is 1060. The lowest BCUT2D eigenvalue weighted by molar-refractivity contribution is 0.560. The Balaban J connectivity index is 2.04. The Morgan fingerprint density at radius 3 is 2.52 bits per heavy atom. The predicted molar refractivity (Wildman–Crippen MR) is 89.8 cm³/mol. The Hall–Kier alpha value is -2.02. The normalized spacial score (nSPS) is 11.6. The molecule has 2 aromatic carbocycles. The zero-order valence-corrected chi connectivity index (χ0v) is 13.7. The standard InChI is InChI=1S/C15H9Cl2NO4S/c16-10-2-4-12(17)13(8-10)18-23(20,21)11-3-5-14-9(7-11)1-6-15(19)22-14/h1-8,18H. The summed E-state index contributed by atoms with van der Waals surface area (Å²) in [6.45, 7) is 0. The highest BCUT2D eigenvalue weighted by Crippen LogP contribution is 2.28. The van der Waals surface area contributed by atoms with Crippen molar-refractivity contribution in [2.75, 3.05) is 4.72 Å². The summed E-state index contributed by atoms with van der Waals surface area (Å²) in [6.07, 6.45) is 0. The average Bonchev–Trinajstić information content (AvgIpc) is 2.50. The second kappa shape index (κ2) is 5.88. The zero-order chi connectivity index (χ0) is 16.6. The molecule has 5 nitrogen and oxygen atoms in total. The Morgan fingerprint density at radius 2 is 1.74 bits per heavy atom. The second-order valence-corrected chi connectivity index (χ2v) is 7.21. The minimum Gasteiger partial charge on any atom is -0.423 e. The van der Waals surface area contributed by atoms with Crippen LogP contribution >= 0.6 is 23.2 Å². The minimum atomic E-state index is -3.87. The SMILES string of the molecule is O=c1ccc2cc(S(=O)(=O)Nc3cc(Cl)ccc3Cl)ccc2o1. The maximum Gasteiger partial charge on any atom is 0.336 e. The number of rotatable bonds is 3. The number of anilines is 1. The molecule has 3 aromatic rings. The maximum absolute atomic E-state index is 12.5. The first kappa shape index (κ1) is 15.9. The quantitative estimate of drug-likeness (QED) is 0.710. The zero-order valence-electron chi connectivity index (χ0n) is 11.4. The smallest absolute Gasteiger partial charge is 0.336 e. The van der Waals surface area contributed by atoms with E-state index in [1.807, 2.05) is 0 Å². The highest BCUT2D eigenvalue weighted by Gasteiger charge is 2.17. The average molecular weight is 370 g/mol. The van der Waals surface area contributed by atoms with Crippen molar-refractivity contribution in [3.8, 4) is 0 Å². The number of benzene rings is 2. The molecule has 0 spiro atoms. The van der Waals surface area contributed by atoms with Gasteiger partial charge in [-0.05, 0) is 42.5 Å². The summed E-state index contributed by atoms with van der Waals surface area (Å²) in [6, 6.07) is 11.3. The van der Waals surface area contributed by atoms with Gasteiger partial charge in [-0.25, -0.2) is 13.2 Å². The van der Waals surface area contributed by atoms with Crippen LogP contribution in [0.3, 0.4) is 0 Å². The Morgan fingerprint density at radius 1 is 0.957 bits per heavy atom. The fraction of sp³-hybridized carbons (Fsp3) is 0. The fourth-order valence-corrected chi connectivity index (χ4v) is 3.49. The summed E-state index contributed by atoms with van der Waals surface area (Å²) in [5.41, 5.74) is -0.0203. The summed E-state index contributed by atoms with van der Waals surface area (Å²) in [5.74, 6) is 0. The van der Waals surface area contributed by atoms with Gasteiger partial charge >= 0.3 is 5.63 Å². The van der Waals surface area contributed by atoms with Gasteiger partial charge in [0.05, 0.1) is 15.6 Å². The van der Waals surface area contributed by atoms with Crippen molar-refractivity contribution < 1.29 is 12.8 Å². The van der Waals surface area contributed by atoms with E-state index in [0.29, 0.717) is 16.0 Å². The van der Waals surface area contributed by atoms with E-state index in [-0.39, 0.29) is 15.6 Å². The van der Waals surface area contributed by atoms with E-state index in [1.54, 1.807) is 6.07 Å². The van der Waals surface area contributed by atoms with Crippen LogP contribution in [0.15, 0.2) is 62.6 Å². The van der Waals surface area contributed by atoms with E-state index in [9.17, 15) is 13.2 Å². The van der Waals surface area contributed by atoms with Crippen molar-refractivity contribution in [1.29, 1.82) is 0 Å². The third-order valence-electron chi connectivity index (χ3n) is 3.07. The lowest BCUT2D eigenvalue weighted by Crippen LogP contribution is -2.13. The molecule has 1 aromatic heterocycles. The van der Waals surface area contributed by atoms with Gasteiger partial charge in [0.2, 0.25) is 0 Å². The highest BCUT2D eigenvalue weighted by molar-refractivity contribution is 7.92. The number of halogens is 2. The number of fused-ring (bicyclic) bond motifs is 1. The molecule has 8 heteroatoms. The van der Waals surface area contributed by atoms with Crippen molar-refractivity contribution in [3.63, 3.8) is 0 Å². The summed E-state index contributed by atoms with van der Waals surface area (Å²) < 4.78 is 32.3. The van der Waals surface area contributed by atoms with Crippen molar-refractivity contribution >= 4 is 49.9 Å². The van der Waals surface area contributed by atoms with E-state index in [0.717, 1.165) is 0 Å². The molecule has 3 rings (SSSR count). The maximum atomic E-state index is 12.5. The van der Waals surface area contributed by atoms with Crippen LogP contribution in [0.5, 0.6) is 0 Å². The van der Waals surface area contributed by atoms with Crippen molar-refractivity contribution in [2.24, 2.45) is 0 Å². The molecule has 0 bridgehead atoms. The van der Waals surface area contributed by atoms with Gasteiger partial charge in [-0.3, -0.25) is 4.72 Å². The molecule has 1 N–H and O–H groups in total. The molecule has 0 atom stereocenters. The van der Waals surface area contributed by atoms with Crippen LogP contribution in [0.2, 0.25) is 10.0 Å². The van der Waals surface area contributed by atoms with Crippen LogP contribution in [0.1, 0.15) is 0 Å². The molecule has 0 aliphatic rings. The van der Waals surface area contributed by atoms with Crippen molar-refractivity contribution in [2.45, 2.75) is 4.90 Å². The number of hydrogen-bond donors (Lipinski definition) is 1. The summed E-state index contributed by atoms with van der Waals surface area (Å²) >= 11 is 11.8. The number of hydrogen-bond acceptors (Lipinski definition) is 4. The van der Waals surface area contributed by atoms with Crippen LogP contribution in [0.4, 0.5) is 5.69 Å².